The fourth-order valence-electron chi connectivity index (χ4n) is 6.18. The number of para-hydroxylation sites is 1. The SMILES string of the molecule is Cc1ccccc1N1CCN(c2ccc(C(=O)NCCCN3CCCC3=O)cc2NC(=O)C2CCN(C)CC2)CC1. The Morgan fingerprint density at radius 3 is 2.29 bits per heavy atom. The third kappa shape index (κ3) is 7.19. The average molecular weight is 561 g/mol. The third-order valence-corrected chi connectivity index (χ3v) is 8.74. The van der Waals surface area contributed by atoms with Gasteiger partial charge >= 0.3 is 0 Å². The van der Waals surface area contributed by atoms with Crippen LogP contribution in [0.2, 0.25) is 0 Å². The van der Waals surface area contributed by atoms with E-state index in [1.165, 1.54) is 11.3 Å². The Hall–Kier alpha value is -3.59. The molecule has 0 bridgehead atoms. The zero-order valence-corrected chi connectivity index (χ0v) is 24.5. The number of nitrogens with zero attached hydrogens (tertiary/aromatic N) is 4. The van der Waals surface area contributed by atoms with Crippen molar-refractivity contribution in [3.05, 3.63) is 53.6 Å². The Morgan fingerprint density at radius 1 is 0.902 bits per heavy atom. The summed E-state index contributed by atoms with van der Waals surface area (Å²) in [6.07, 6.45) is 3.95. The van der Waals surface area contributed by atoms with Crippen LogP contribution in [0.15, 0.2) is 42.5 Å². The number of benzene rings is 2. The van der Waals surface area contributed by atoms with E-state index in [0.29, 0.717) is 30.8 Å². The molecule has 0 spiro atoms. The molecule has 9 heteroatoms. The Kier molecular flexibility index (Phi) is 9.44. The van der Waals surface area contributed by atoms with Crippen LogP contribution in [0.1, 0.15) is 48.0 Å². The van der Waals surface area contributed by atoms with E-state index in [4.69, 9.17) is 0 Å². The van der Waals surface area contributed by atoms with Crippen LogP contribution in [0.3, 0.4) is 0 Å². The standard InChI is InChI=1S/C32H44N6O3/c1-24-7-3-4-8-28(24)36-19-21-37(22-20-36)29-11-10-26(31(40)33-14-6-16-38-15-5-9-30(38)39)23-27(29)34-32(41)25-12-17-35(2)18-13-25/h3-4,7-8,10-11,23,25H,5-6,9,12-22H2,1-2H3,(H,33,40)(H,34,41). The first kappa shape index (κ1) is 28.9. The molecule has 0 saturated carbocycles. The monoisotopic (exact) mass is 560 g/mol. The van der Waals surface area contributed by atoms with Gasteiger partial charge in [0.25, 0.3) is 5.91 Å². The van der Waals surface area contributed by atoms with Gasteiger partial charge in [0.1, 0.15) is 0 Å². The summed E-state index contributed by atoms with van der Waals surface area (Å²) in [4.78, 5) is 47.1. The first-order chi connectivity index (χ1) is 19.9. The minimum atomic E-state index is -0.163. The number of rotatable bonds is 9. The van der Waals surface area contributed by atoms with Crippen molar-refractivity contribution in [1.29, 1.82) is 0 Å². The van der Waals surface area contributed by atoms with Crippen LogP contribution in [0.5, 0.6) is 0 Å². The molecule has 3 fully saturated rings. The number of piperidine rings is 1. The predicted octanol–water partition coefficient (Wildman–Crippen LogP) is 3.34. The van der Waals surface area contributed by atoms with Crippen molar-refractivity contribution in [1.82, 2.24) is 15.1 Å². The van der Waals surface area contributed by atoms with Crippen LogP contribution in [0, 0.1) is 12.8 Å². The normalized spacial score (nSPS) is 18.6. The van der Waals surface area contributed by atoms with Gasteiger partial charge in [0, 0.05) is 69.4 Å². The number of amides is 3. The molecule has 41 heavy (non-hydrogen) atoms. The average Bonchev–Trinajstić information content (AvgIpc) is 3.40. The van der Waals surface area contributed by atoms with Gasteiger partial charge in [0.15, 0.2) is 0 Å². The molecule has 0 atom stereocenters. The highest BCUT2D eigenvalue weighted by Crippen LogP contribution is 2.31. The molecule has 0 aromatic heterocycles. The first-order valence-electron chi connectivity index (χ1n) is 15.1. The summed E-state index contributed by atoms with van der Waals surface area (Å²) < 4.78 is 0. The van der Waals surface area contributed by atoms with E-state index in [1.54, 1.807) is 0 Å². The molecule has 3 heterocycles. The van der Waals surface area contributed by atoms with E-state index in [1.807, 2.05) is 23.1 Å². The molecule has 0 unspecified atom stereocenters. The number of carbonyl (C=O) groups is 3. The summed E-state index contributed by atoms with van der Waals surface area (Å²) in [6, 6.07) is 14.1. The van der Waals surface area contributed by atoms with Gasteiger partial charge in [-0.1, -0.05) is 18.2 Å². The second kappa shape index (κ2) is 13.4. The van der Waals surface area contributed by atoms with Gasteiger partial charge < -0.3 is 30.2 Å². The first-order valence-corrected chi connectivity index (χ1v) is 15.1. The molecule has 9 nitrogen and oxygen atoms in total. The maximum absolute atomic E-state index is 13.3. The summed E-state index contributed by atoms with van der Waals surface area (Å²) >= 11 is 0. The molecule has 3 aliphatic heterocycles. The van der Waals surface area contributed by atoms with Crippen LogP contribution < -0.4 is 20.4 Å². The zero-order valence-electron chi connectivity index (χ0n) is 24.5. The summed E-state index contributed by atoms with van der Waals surface area (Å²) in [5.41, 5.74) is 4.73. The van der Waals surface area contributed by atoms with Crippen LogP contribution in [-0.2, 0) is 9.59 Å². The van der Waals surface area contributed by atoms with Crippen molar-refractivity contribution < 1.29 is 14.4 Å². The number of likely N-dealkylation sites (tertiary alicyclic amines) is 2. The summed E-state index contributed by atoms with van der Waals surface area (Å²) in [5, 5.41) is 6.21. The van der Waals surface area contributed by atoms with Crippen molar-refractivity contribution in [2.45, 2.75) is 39.0 Å². The van der Waals surface area contributed by atoms with Crippen LogP contribution in [0.25, 0.3) is 0 Å². The molecule has 0 aliphatic carbocycles. The van der Waals surface area contributed by atoms with Crippen LogP contribution >= 0.6 is 0 Å². The molecular weight excluding hydrogens is 516 g/mol. The van der Waals surface area contributed by atoms with Crippen molar-refractivity contribution >= 4 is 34.8 Å². The van der Waals surface area contributed by atoms with Gasteiger partial charge in [-0.05, 0) is 82.6 Å². The van der Waals surface area contributed by atoms with E-state index in [0.717, 1.165) is 77.2 Å². The largest absolute Gasteiger partial charge is 0.368 e. The molecule has 0 radical (unpaired) electrons. The molecule has 2 aromatic rings. The number of hydrogen-bond acceptors (Lipinski definition) is 6. The maximum atomic E-state index is 13.3. The molecule has 3 aliphatic rings. The van der Waals surface area contributed by atoms with Gasteiger partial charge in [-0.3, -0.25) is 14.4 Å². The number of carbonyl (C=O) groups excluding carboxylic acids is 3. The van der Waals surface area contributed by atoms with E-state index >= 15 is 0 Å². The smallest absolute Gasteiger partial charge is 0.251 e. The highest BCUT2D eigenvalue weighted by atomic mass is 16.2. The lowest BCUT2D eigenvalue weighted by molar-refractivity contribution is -0.127. The van der Waals surface area contributed by atoms with Crippen LogP contribution in [0.4, 0.5) is 17.1 Å². The molecule has 5 rings (SSSR count). The second-order valence-corrected chi connectivity index (χ2v) is 11.7. The van der Waals surface area contributed by atoms with E-state index in [-0.39, 0.29) is 23.6 Å². The molecule has 2 N–H and O–H groups in total. The Balaban J connectivity index is 1.26. The summed E-state index contributed by atoms with van der Waals surface area (Å²) in [5.74, 6) is 0.0496. The van der Waals surface area contributed by atoms with Crippen LogP contribution in [-0.4, -0.2) is 93.5 Å². The summed E-state index contributed by atoms with van der Waals surface area (Å²) in [6.45, 7) is 9.38. The Bertz CT molecular complexity index is 1230. The number of piperazine rings is 1. The van der Waals surface area contributed by atoms with Gasteiger partial charge in [-0.25, -0.2) is 0 Å². The maximum Gasteiger partial charge on any atom is 0.251 e. The van der Waals surface area contributed by atoms with Crippen molar-refractivity contribution in [3.63, 3.8) is 0 Å². The van der Waals surface area contributed by atoms with E-state index in [2.05, 4.69) is 63.6 Å². The van der Waals surface area contributed by atoms with Crippen molar-refractivity contribution in [3.8, 4) is 0 Å². The quantitative estimate of drug-likeness (QED) is 0.458. The van der Waals surface area contributed by atoms with Gasteiger partial charge in [-0.15, -0.1) is 0 Å². The topological polar surface area (TPSA) is 88.2 Å². The van der Waals surface area contributed by atoms with Crippen molar-refractivity contribution in [2.24, 2.45) is 5.92 Å². The highest BCUT2D eigenvalue weighted by Gasteiger charge is 2.26. The molecule has 3 saturated heterocycles. The molecule has 3 amide bonds. The van der Waals surface area contributed by atoms with Crippen molar-refractivity contribution in [2.75, 3.05) is 81.1 Å². The van der Waals surface area contributed by atoms with E-state index in [9.17, 15) is 14.4 Å². The van der Waals surface area contributed by atoms with E-state index < -0.39 is 0 Å². The Labute approximate surface area is 243 Å². The van der Waals surface area contributed by atoms with Gasteiger partial charge in [0.2, 0.25) is 11.8 Å². The Morgan fingerprint density at radius 2 is 1.61 bits per heavy atom. The molecule has 220 valence electrons. The van der Waals surface area contributed by atoms with Gasteiger partial charge in [0.05, 0.1) is 11.4 Å². The zero-order chi connectivity index (χ0) is 28.8. The predicted molar refractivity (Wildman–Crippen MR) is 164 cm³/mol. The number of hydrogen-bond donors (Lipinski definition) is 2. The fraction of sp³-hybridized carbons (Fsp3) is 0.531. The minimum Gasteiger partial charge on any atom is -0.368 e. The fourth-order valence-corrected chi connectivity index (χ4v) is 6.18. The highest BCUT2D eigenvalue weighted by molar-refractivity contribution is 6.00. The molecular formula is C32H44N6O3. The lowest BCUT2D eigenvalue weighted by Gasteiger charge is -2.39. The third-order valence-electron chi connectivity index (χ3n) is 8.74. The lowest BCUT2D eigenvalue weighted by atomic mass is 9.96. The number of anilines is 3. The lowest BCUT2D eigenvalue weighted by Crippen LogP contribution is -2.47. The van der Waals surface area contributed by atoms with Gasteiger partial charge in [-0.2, -0.15) is 0 Å². The number of nitrogens with one attached hydrogen (secondary N) is 2. The summed E-state index contributed by atoms with van der Waals surface area (Å²) in [7, 11) is 2.09. The second-order valence-electron chi connectivity index (χ2n) is 11.7. The minimum absolute atomic E-state index is 0.0252. The number of aryl methyl sites for hydroxylation is 1. The molecule has 2 aromatic carbocycles.